The summed E-state index contributed by atoms with van der Waals surface area (Å²) in [5, 5.41) is 95.9. The third-order valence-electron chi connectivity index (χ3n) is 18.0. The van der Waals surface area contributed by atoms with Gasteiger partial charge in [-0.1, -0.05) is 39.3 Å². The van der Waals surface area contributed by atoms with E-state index in [0.29, 0.717) is 48.3 Å². The highest BCUT2D eigenvalue weighted by Gasteiger charge is 2.66. The van der Waals surface area contributed by atoms with Gasteiger partial charge in [-0.2, -0.15) is 0 Å². The van der Waals surface area contributed by atoms with Crippen molar-refractivity contribution in [3.8, 4) is 0 Å². The molecule has 26 atom stereocenters. The van der Waals surface area contributed by atoms with Crippen molar-refractivity contribution in [3.05, 3.63) is 11.6 Å². The highest BCUT2D eigenvalue weighted by Crippen LogP contribution is 2.69. The zero-order valence-electron chi connectivity index (χ0n) is 37.3. The Bertz CT molecular complexity index is 1630. The Morgan fingerprint density at radius 3 is 2.02 bits per heavy atom. The lowest BCUT2D eigenvalue weighted by atomic mass is 9.42. The largest absolute Gasteiger partial charge is 0.394 e. The zero-order chi connectivity index (χ0) is 44.9. The van der Waals surface area contributed by atoms with Gasteiger partial charge in [0.05, 0.1) is 38.1 Å². The lowest BCUT2D eigenvalue weighted by Gasteiger charge is -2.62. The predicted octanol–water partition coefficient (Wildman–Crippen LogP) is 0.604. The van der Waals surface area contributed by atoms with E-state index in [0.717, 1.165) is 58.0 Å². The third-order valence-corrected chi connectivity index (χ3v) is 18.0. The summed E-state index contributed by atoms with van der Waals surface area (Å²) in [4.78, 5) is 0. The second kappa shape index (κ2) is 17.9. The van der Waals surface area contributed by atoms with E-state index < -0.39 is 117 Å². The maximum atomic E-state index is 11.6. The van der Waals surface area contributed by atoms with E-state index in [-0.39, 0.29) is 16.9 Å². The molecule has 0 radical (unpaired) electrons. The Morgan fingerprint density at radius 1 is 0.651 bits per heavy atom. The van der Waals surface area contributed by atoms with Crippen LogP contribution in [0.5, 0.6) is 0 Å². The van der Waals surface area contributed by atoms with Crippen molar-refractivity contribution in [1.82, 2.24) is 0 Å². The molecule has 4 aliphatic carbocycles. The van der Waals surface area contributed by atoms with Crippen LogP contribution in [0.4, 0.5) is 0 Å². The molecule has 17 heteroatoms. The number of aliphatic hydroxyl groups is 9. The van der Waals surface area contributed by atoms with Crippen molar-refractivity contribution in [2.24, 2.45) is 46.3 Å². The topological polar surface area (TPSA) is 256 Å². The minimum Gasteiger partial charge on any atom is -0.394 e. The molecular weight excluding hydrogens is 824 g/mol. The summed E-state index contributed by atoms with van der Waals surface area (Å²) in [5.74, 6) is 2.55. The fourth-order valence-electron chi connectivity index (χ4n) is 14.3. The summed E-state index contributed by atoms with van der Waals surface area (Å²) in [6.07, 6.45) is -11.1. The summed E-state index contributed by atoms with van der Waals surface area (Å²) in [5.41, 5.74) is 1.45. The second-order valence-corrected chi connectivity index (χ2v) is 21.4. The zero-order valence-corrected chi connectivity index (χ0v) is 37.3. The first-order chi connectivity index (χ1) is 29.9. The van der Waals surface area contributed by atoms with Crippen molar-refractivity contribution in [1.29, 1.82) is 0 Å². The molecule has 0 amide bonds. The molecule has 3 saturated carbocycles. The number of rotatable bonds is 8. The normalized spacial score (nSPS) is 57.1. The molecule has 360 valence electrons. The summed E-state index contributed by atoms with van der Waals surface area (Å²) >= 11 is 0. The Labute approximate surface area is 369 Å². The van der Waals surface area contributed by atoms with E-state index in [9.17, 15) is 46.0 Å². The Morgan fingerprint density at radius 2 is 1.32 bits per heavy atom. The van der Waals surface area contributed by atoms with Crippen molar-refractivity contribution in [2.75, 3.05) is 19.8 Å². The van der Waals surface area contributed by atoms with E-state index >= 15 is 0 Å². The first-order valence-electron chi connectivity index (χ1n) is 23.9. The van der Waals surface area contributed by atoms with Crippen LogP contribution in [-0.4, -0.2) is 176 Å². The quantitative estimate of drug-likeness (QED) is 0.120. The molecule has 8 fully saturated rings. The Balaban J connectivity index is 0.944. The monoisotopic (exact) mass is 898 g/mol. The van der Waals surface area contributed by atoms with Gasteiger partial charge in [0, 0.05) is 12.3 Å². The third kappa shape index (κ3) is 7.91. The molecule has 5 aliphatic heterocycles. The van der Waals surface area contributed by atoms with Gasteiger partial charge >= 0.3 is 0 Å². The average molecular weight is 899 g/mol. The molecule has 4 unspecified atom stereocenters. The first kappa shape index (κ1) is 47.1. The van der Waals surface area contributed by atoms with Crippen molar-refractivity contribution in [2.45, 2.75) is 209 Å². The molecule has 9 aliphatic rings. The van der Waals surface area contributed by atoms with Crippen LogP contribution in [0.3, 0.4) is 0 Å². The van der Waals surface area contributed by atoms with Crippen molar-refractivity contribution >= 4 is 0 Å². The van der Waals surface area contributed by atoms with E-state index in [4.69, 9.17) is 37.9 Å². The van der Waals surface area contributed by atoms with E-state index in [1.807, 2.05) is 0 Å². The van der Waals surface area contributed by atoms with Crippen LogP contribution in [0.15, 0.2) is 11.6 Å². The molecule has 17 nitrogen and oxygen atoms in total. The number of hydrogen-bond donors (Lipinski definition) is 9. The highest BCUT2D eigenvalue weighted by atomic mass is 16.8. The maximum Gasteiger partial charge on any atom is 0.187 e. The second-order valence-electron chi connectivity index (χ2n) is 21.4. The molecule has 0 aromatic heterocycles. The minimum atomic E-state index is -1.84. The van der Waals surface area contributed by atoms with Crippen LogP contribution < -0.4 is 0 Å². The lowest BCUT2D eigenvalue weighted by Crippen LogP contribution is -2.67. The Kier molecular flexibility index (Phi) is 13.4. The van der Waals surface area contributed by atoms with Crippen molar-refractivity contribution in [3.63, 3.8) is 0 Å². The van der Waals surface area contributed by atoms with Gasteiger partial charge in [0.15, 0.2) is 24.7 Å². The molecule has 63 heavy (non-hydrogen) atoms. The summed E-state index contributed by atoms with van der Waals surface area (Å²) in [6.45, 7) is 10.5. The molecule has 9 N–H and O–H groups in total. The lowest BCUT2D eigenvalue weighted by molar-refractivity contribution is -0.394. The van der Waals surface area contributed by atoms with Crippen LogP contribution in [0.2, 0.25) is 0 Å². The number of ether oxygens (including phenoxy) is 8. The van der Waals surface area contributed by atoms with Crippen LogP contribution in [0, 0.1) is 46.3 Å². The van der Waals surface area contributed by atoms with E-state index in [2.05, 4.69) is 33.8 Å². The summed E-state index contributed by atoms with van der Waals surface area (Å²) in [6, 6.07) is 0. The van der Waals surface area contributed by atoms with E-state index in [1.165, 1.54) is 12.5 Å². The predicted molar refractivity (Wildman–Crippen MR) is 219 cm³/mol. The fraction of sp³-hybridized carbons (Fsp3) is 0.957. The average Bonchev–Trinajstić information content (AvgIpc) is 3.55. The number of hydrogen-bond acceptors (Lipinski definition) is 17. The summed E-state index contributed by atoms with van der Waals surface area (Å²) < 4.78 is 50.3. The van der Waals surface area contributed by atoms with Crippen LogP contribution in [0.1, 0.15) is 98.8 Å². The van der Waals surface area contributed by atoms with Crippen LogP contribution >= 0.6 is 0 Å². The fourth-order valence-corrected chi connectivity index (χ4v) is 14.3. The summed E-state index contributed by atoms with van der Waals surface area (Å²) in [7, 11) is 0. The number of allylic oxidation sites excluding steroid dienone is 1. The van der Waals surface area contributed by atoms with Gasteiger partial charge in [0.25, 0.3) is 0 Å². The Hall–Kier alpha value is -0.940. The molecule has 0 aromatic carbocycles. The van der Waals surface area contributed by atoms with Crippen LogP contribution in [-0.2, 0) is 37.9 Å². The number of aliphatic hydroxyl groups excluding tert-OH is 9. The molecule has 9 rings (SSSR count). The molecule has 5 saturated heterocycles. The SMILES string of the molecule is C[C@@H]1CC[C@@]2(OC1)OC1CCC3C4CC=C5C[C@@H](O[C@@H]6O[C@H](CO)[C@@H](O)[C@H](O[C@@H]7O[C@H](CO)[C@H](O)[C@H](O)[C@H]7O)[C@H]6O[C@@H]6O[C@@H](C)[C@H](O)[C@@H](O)[C@H]6O)CC[C@]5(C)C4CC[C@]3(C)[C@H]1[C@@H]2C. The first-order valence-corrected chi connectivity index (χ1v) is 23.9. The van der Waals surface area contributed by atoms with Gasteiger partial charge < -0.3 is 83.9 Å². The smallest absolute Gasteiger partial charge is 0.187 e. The van der Waals surface area contributed by atoms with Gasteiger partial charge in [-0.25, -0.2) is 0 Å². The standard InChI is InChI=1S/C46H74O17/c1-20-10-15-46(56-19-20)21(2)31-28(63-46)9-8-26-25-7-6-23-16-24(11-13-44(23,4)27(25)12-14-45(26,31)5)58-43-40(62-41-37(54)35(52)32(49)22(3)57-41)39(34(51)30(18-48)60-43)61-42-38(55)36(53)33(50)29(17-47)59-42/h6,20-22,24-43,47-55H,7-19H2,1-5H3/t20-,21+,22+,24+,25?,26?,27?,28?,29-,30-,31+,32+,33+,34-,35-,36+,37-,38-,39+,40-,41+,42+,43-,44+,45+,46-/m1/s1. The van der Waals surface area contributed by atoms with Gasteiger partial charge in [0.1, 0.15) is 67.1 Å². The van der Waals surface area contributed by atoms with Gasteiger partial charge in [-0.05, 0) is 105 Å². The van der Waals surface area contributed by atoms with Gasteiger partial charge in [0.2, 0.25) is 0 Å². The van der Waals surface area contributed by atoms with Crippen molar-refractivity contribution < 1.29 is 83.9 Å². The van der Waals surface area contributed by atoms with Gasteiger partial charge in [-0.15, -0.1) is 0 Å². The van der Waals surface area contributed by atoms with Crippen LogP contribution in [0.25, 0.3) is 0 Å². The molecule has 0 aromatic rings. The molecular formula is C46H74O17. The highest BCUT2D eigenvalue weighted by molar-refractivity contribution is 5.26. The maximum absolute atomic E-state index is 11.6. The molecule has 5 heterocycles. The minimum absolute atomic E-state index is 0.0440. The molecule has 0 bridgehead atoms. The van der Waals surface area contributed by atoms with Gasteiger partial charge in [-0.3, -0.25) is 0 Å². The number of fused-ring (bicyclic) bond motifs is 7. The van der Waals surface area contributed by atoms with E-state index in [1.54, 1.807) is 0 Å². The molecule has 1 spiro atoms.